The Labute approximate surface area is 203 Å². The normalized spacial score (nSPS) is 16.2. The fourth-order valence-corrected chi connectivity index (χ4v) is 5.35. The van der Waals surface area contributed by atoms with E-state index in [1.807, 2.05) is 19.1 Å². The first-order chi connectivity index (χ1) is 16.3. The molecule has 0 saturated heterocycles. The summed E-state index contributed by atoms with van der Waals surface area (Å²) in [6, 6.07) is 10.6. The molecule has 0 aliphatic carbocycles. The second-order valence-corrected chi connectivity index (χ2v) is 9.28. The maximum Gasteiger partial charge on any atom is 0.453 e. The van der Waals surface area contributed by atoms with Crippen molar-refractivity contribution in [3.63, 3.8) is 0 Å². The number of hydrogen-bond acceptors (Lipinski definition) is 10. The summed E-state index contributed by atoms with van der Waals surface area (Å²) in [6.07, 6.45) is 0. The topological polar surface area (TPSA) is 113 Å². The summed E-state index contributed by atoms with van der Waals surface area (Å²) in [4.78, 5) is 30.2. The van der Waals surface area contributed by atoms with Gasteiger partial charge in [-0.15, -0.1) is 23.1 Å². The Bertz CT molecular complexity index is 1240. The standard InChI is InChI=1S/C23H21NO8S2/c1-12-19(34-20(24-12)13-7-14(28-2)9-15(8-13)29-3)11-33-16-5-6-17-18(10-16)32-23(31-17,21(25)26)22(27)30-4/h5-10H,11H2,1-4H3,(H,25,26). The molecule has 4 rings (SSSR count). The average molecular weight is 504 g/mol. The maximum atomic E-state index is 12.0. The van der Waals surface area contributed by atoms with E-state index in [1.54, 1.807) is 49.8 Å². The summed E-state index contributed by atoms with van der Waals surface area (Å²) in [7, 11) is 4.27. The van der Waals surface area contributed by atoms with E-state index in [0.717, 1.165) is 33.1 Å². The van der Waals surface area contributed by atoms with Gasteiger partial charge >= 0.3 is 17.7 Å². The van der Waals surface area contributed by atoms with Crippen molar-refractivity contribution in [2.45, 2.75) is 23.4 Å². The molecule has 1 aliphatic rings. The van der Waals surface area contributed by atoms with Crippen LogP contribution in [-0.4, -0.2) is 49.1 Å². The lowest BCUT2D eigenvalue weighted by atomic mass is 10.2. The predicted molar refractivity (Wildman–Crippen MR) is 125 cm³/mol. The number of methoxy groups -OCH3 is 3. The van der Waals surface area contributed by atoms with Gasteiger partial charge in [-0.1, -0.05) is 0 Å². The number of ether oxygens (including phenoxy) is 5. The molecule has 2 aromatic carbocycles. The molecular weight excluding hydrogens is 482 g/mol. The van der Waals surface area contributed by atoms with E-state index in [9.17, 15) is 14.7 Å². The van der Waals surface area contributed by atoms with Gasteiger partial charge in [-0.3, -0.25) is 0 Å². The van der Waals surface area contributed by atoms with Crippen LogP contribution in [0, 0.1) is 6.92 Å². The van der Waals surface area contributed by atoms with Crippen molar-refractivity contribution < 1.29 is 38.4 Å². The summed E-state index contributed by atoms with van der Waals surface area (Å²) >= 11 is 3.09. The van der Waals surface area contributed by atoms with Gasteiger partial charge in [-0.25, -0.2) is 14.6 Å². The lowest BCUT2D eigenvalue weighted by Crippen LogP contribution is -2.54. The minimum Gasteiger partial charge on any atom is -0.497 e. The number of thioether (sulfide) groups is 1. The number of carbonyl (C=O) groups is 2. The molecule has 178 valence electrons. The van der Waals surface area contributed by atoms with Gasteiger partial charge < -0.3 is 28.8 Å². The zero-order chi connectivity index (χ0) is 24.5. The van der Waals surface area contributed by atoms with Gasteiger partial charge in [-0.2, -0.15) is 0 Å². The third kappa shape index (κ3) is 4.36. The molecule has 0 bridgehead atoms. The van der Waals surface area contributed by atoms with E-state index in [0.29, 0.717) is 17.3 Å². The van der Waals surface area contributed by atoms with Crippen molar-refractivity contribution in [2.24, 2.45) is 0 Å². The van der Waals surface area contributed by atoms with Crippen molar-refractivity contribution in [2.75, 3.05) is 21.3 Å². The van der Waals surface area contributed by atoms with Gasteiger partial charge in [0.1, 0.15) is 16.5 Å². The van der Waals surface area contributed by atoms with Crippen LogP contribution < -0.4 is 18.9 Å². The molecule has 2 heterocycles. The summed E-state index contributed by atoms with van der Waals surface area (Å²) in [6.45, 7) is 1.95. The van der Waals surface area contributed by atoms with Crippen molar-refractivity contribution >= 4 is 35.0 Å². The van der Waals surface area contributed by atoms with Crippen LogP contribution >= 0.6 is 23.1 Å². The minimum absolute atomic E-state index is 0.153. The second-order valence-electron chi connectivity index (χ2n) is 7.14. The van der Waals surface area contributed by atoms with Gasteiger partial charge in [0, 0.05) is 27.2 Å². The molecule has 9 nitrogen and oxygen atoms in total. The Morgan fingerprint density at radius 1 is 1.06 bits per heavy atom. The molecule has 1 unspecified atom stereocenters. The molecule has 0 spiro atoms. The number of rotatable bonds is 8. The number of carbonyl (C=O) groups excluding carboxylic acids is 1. The highest BCUT2D eigenvalue weighted by Crippen LogP contribution is 2.43. The number of aliphatic carboxylic acids is 1. The number of aromatic nitrogens is 1. The number of hydrogen-bond donors (Lipinski definition) is 1. The lowest BCUT2D eigenvalue weighted by molar-refractivity contribution is -0.196. The van der Waals surface area contributed by atoms with Gasteiger partial charge in [0.25, 0.3) is 0 Å². The van der Waals surface area contributed by atoms with E-state index in [-0.39, 0.29) is 11.5 Å². The number of benzene rings is 2. The number of carboxylic acids is 1. The molecule has 1 aromatic heterocycles. The molecule has 1 atom stereocenters. The third-order valence-corrected chi connectivity index (χ3v) is 7.43. The molecule has 0 amide bonds. The predicted octanol–water partition coefficient (Wildman–Crippen LogP) is 4.15. The second kappa shape index (κ2) is 9.43. The van der Waals surface area contributed by atoms with Crippen LogP contribution in [0.15, 0.2) is 41.3 Å². The quantitative estimate of drug-likeness (QED) is 0.273. The Balaban J connectivity index is 1.51. The van der Waals surface area contributed by atoms with Crippen LogP contribution in [0.3, 0.4) is 0 Å². The van der Waals surface area contributed by atoms with Crippen LogP contribution in [0.1, 0.15) is 10.6 Å². The first-order valence-electron chi connectivity index (χ1n) is 9.96. The molecule has 0 saturated carbocycles. The minimum atomic E-state index is -2.54. The van der Waals surface area contributed by atoms with Gasteiger partial charge in [0.05, 0.1) is 27.0 Å². The van der Waals surface area contributed by atoms with E-state index in [4.69, 9.17) is 23.9 Å². The van der Waals surface area contributed by atoms with Crippen molar-refractivity contribution in [1.29, 1.82) is 0 Å². The van der Waals surface area contributed by atoms with Crippen LogP contribution in [-0.2, 0) is 20.1 Å². The van der Waals surface area contributed by atoms with Crippen molar-refractivity contribution in [1.82, 2.24) is 4.98 Å². The molecule has 11 heteroatoms. The number of aryl methyl sites for hydroxylation is 1. The molecule has 1 aliphatic heterocycles. The molecule has 0 radical (unpaired) electrons. The number of esters is 1. The van der Waals surface area contributed by atoms with Crippen LogP contribution in [0.4, 0.5) is 0 Å². The lowest BCUT2D eigenvalue weighted by Gasteiger charge is -2.19. The number of fused-ring (bicyclic) bond motifs is 1. The van der Waals surface area contributed by atoms with E-state index in [1.165, 1.54) is 11.8 Å². The smallest absolute Gasteiger partial charge is 0.453 e. The maximum absolute atomic E-state index is 12.0. The van der Waals surface area contributed by atoms with E-state index in [2.05, 4.69) is 4.74 Å². The Hall–Kier alpha value is -3.44. The largest absolute Gasteiger partial charge is 0.497 e. The molecule has 3 aromatic rings. The first kappa shape index (κ1) is 23.7. The fourth-order valence-electron chi connectivity index (χ4n) is 3.23. The zero-order valence-corrected chi connectivity index (χ0v) is 20.4. The average Bonchev–Trinajstić information content (AvgIpc) is 3.42. The summed E-state index contributed by atoms with van der Waals surface area (Å²) < 4.78 is 25.9. The first-order valence-corrected chi connectivity index (χ1v) is 11.8. The Morgan fingerprint density at radius 3 is 2.35 bits per heavy atom. The highest BCUT2D eigenvalue weighted by Gasteiger charge is 2.58. The molecule has 34 heavy (non-hydrogen) atoms. The van der Waals surface area contributed by atoms with Crippen LogP contribution in [0.5, 0.6) is 23.0 Å². The van der Waals surface area contributed by atoms with E-state index >= 15 is 0 Å². The van der Waals surface area contributed by atoms with Crippen LogP contribution in [0.2, 0.25) is 0 Å². The van der Waals surface area contributed by atoms with Gasteiger partial charge in [-0.05, 0) is 37.3 Å². The highest BCUT2D eigenvalue weighted by molar-refractivity contribution is 7.98. The highest BCUT2D eigenvalue weighted by atomic mass is 32.2. The molecule has 0 fully saturated rings. The van der Waals surface area contributed by atoms with Gasteiger partial charge in [0.15, 0.2) is 11.5 Å². The zero-order valence-electron chi connectivity index (χ0n) is 18.7. The SMILES string of the molecule is COC(=O)C1(C(=O)O)Oc2ccc(SCc3sc(-c4cc(OC)cc(OC)c4)nc3C)cc2O1. The number of carboxylic acid groups (broad SMARTS) is 1. The summed E-state index contributed by atoms with van der Waals surface area (Å²) in [5.74, 6) is -2.97. The summed E-state index contributed by atoms with van der Waals surface area (Å²) in [5.41, 5.74) is 1.81. The van der Waals surface area contributed by atoms with Crippen molar-refractivity contribution in [3.8, 4) is 33.6 Å². The van der Waals surface area contributed by atoms with Crippen molar-refractivity contribution in [3.05, 3.63) is 47.0 Å². The summed E-state index contributed by atoms with van der Waals surface area (Å²) in [5, 5.41) is 10.3. The van der Waals surface area contributed by atoms with Crippen LogP contribution in [0.25, 0.3) is 10.6 Å². The molecular formula is C23H21NO8S2. The Morgan fingerprint density at radius 2 is 1.74 bits per heavy atom. The monoisotopic (exact) mass is 503 g/mol. The number of nitrogens with zero attached hydrogens (tertiary/aromatic N) is 1. The number of thiazole rings is 1. The molecule has 1 N–H and O–H groups in total. The fraction of sp³-hybridized carbons (Fsp3) is 0.261. The Kier molecular flexibility index (Phi) is 6.58. The third-order valence-electron chi connectivity index (χ3n) is 5.02. The van der Waals surface area contributed by atoms with E-state index < -0.39 is 17.7 Å². The van der Waals surface area contributed by atoms with Gasteiger partial charge in [0.2, 0.25) is 0 Å².